The van der Waals surface area contributed by atoms with Crippen molar-refractivity contribution in [1.82, 2.24) is 30.4 Å². The van der Waals surface area contributed by atoms with Gasteiger partial charge in [-0.25, -0.2) is 9.67 Å². The molecular formula is C18H28IN7. The van der Waals surface area contributed by atoms with Crippen molar-refractivity contribution in [3.8, 4) is 0 Å². The molecule has 26 heavy (non-hydrogen) atoms. The maximum Gasteiger partial charge on any atom is 0.191 e. The zero-order valence-corrected chi connectivity index (χ0v) is 18.0. The molecule has 0 bridgehead atoms. The molecule has 0 fully saturated rings. The highest BCUT2D eigenvalue weighted by Gasteiger charge is 2.24. The number of aromatic nitrogens is 4. The molecule has 0 radical (unpaired) electrons. The third-order valence-corrected chi connectivity index (χ3v) is 4.42. The molecule has 0 amide bonds. The standard InChI is InChI=1S/C18H27N7.HI/c1-4-20-18(21-10-8-15-7-9-19-12-13(15)2)23-16-6-5-11-25-17(16)22-14(3)24-25;/h7,9,12,16H,4-6,8,10-11H2,1-3H3,(H2,20,21,23);1H. The average Bonchev–Trinajstić information content (AvgIpc) is 2.98. The summed E-state index contributed by atoms with van der Waals surface area (Å²) in [5.41, 5.74) is 2.51. The lowest BCUT2D eigenvalue weighted by atomic mass is 10.1. The number of nitrogens with zero attached hydrogens (tertiary/aromatic N) is 5. The van der Waals surface area contributed by atoms with Gasteiger partial charge in [-0.15, -0.1) is 24.0 Å². The van der Waals surface area contributed by atoms with Gasteiger partial charge in [-0.05, 0) is 57.2 Å². The molecule has 1 aliphatic rings. The van der Waals surface area contributed by atoms with Crippen LogP contribution in [-0.4, -0.2) is 38.8 Å². The fourth-order valence-corrected chi connectivity index (χ4v) is 3.16. The van der Waals surface area contributed by atoms with Gasteiger partial charge in [-0.1, -0.05) is 0 Å². The molecule has 142 valence electrons. The Morgan fingerprint density at radius 3 is 3.00 bits per heavy atom. The highest BCUT2D eigenvalue weighted by molar-refractivity contribution is 14.0. The zero-order valence-electron chi connectivity index (χ0n) is 15.7. The number of guanidine groups is 1. The predicted octanol–water partition coefficient (Wildman–Crippen LogP) is 2.54. The molecule has 1 atom stereocenters. The minimum atomic E-state index is 0. The van der Waals surface area contributed by atoms with E-state index >= 15 is 0 Å². The monoisotopic (exact) mass is 469 g/mol. The summed E-state index contributed by atoms with van der Waals surface area (Å²) in [7, 11) is 0. The number of hydrogen-bond donors (Lipinski definition) is 2. The van der Waals surface area contributed by atoms with Crippen LogP contribution >= 0.6 is 24.0 Å². The summed E-state index contributed by atoms with van der Waals surface area (Å²) in [5, 5.41) is 11.3. The second-order valence-corrected chi connectivity index (χ2v) is 6.39. The molecule has 0 aliphatic carbocycles. The Morgan fingerprint density at radius 1 is 1.38 bits per heavy atom. The first-order valence-electron chi connectivity index (χ1n) is 9.03. The smallest absolute Gasteiger partial charge is 0.191 e. The Labute approximate surface area is 172 Å². The van der Waals surface area contributed by atoms with Gasteiger partial charge in [0.25, 0.3) is 0 Å². The molecule has 2 N–H and O–H groups in total. The third kappa shape index (κ3) is 5.15. The molecule has 1 aliphatic heterocycles. The van der Waals surface area contributed by atoms with E-state index < -0.39 is 0 Å². The largest absolute Gasteiger partial charge is 0.357 e. The highest BCUT2D eigenvalue weighted by atomic mass is 127. The Kier molecular flexibility index (Phi) is 7.80. The van der Waals surface area contributed by atoms with Crippen LogP contribution in [0.15, 0.2) is 23.5 Å². The first-order valence-corrected chi connectivity index (χ1v) is 9.03. The molecule has 0 saturated carbocycles. The summed E-state index contributed by atoms with van der Waals surface area (Å²) in [5.74, 6) is 2.69. The first-order chi connectivity index (χ1) is 12.2. The van der Waals surface area contributed by atoms with Crippen molar-refractivity contribution in [3.05, 3.63) is 41.2 Å². The maximum atomic E-state index is 4.74. The van der Waals surface area contributed by atoms with Crippen LogP contribution in [0.1, 0.15) is 48.6 Å². The average molecular weight is 469 g/mol. The van der Waals surface area contributed by atoms with Crippen LogP contribution in [0.4, 0.5) is 0 Å². The number of nitrogens with one attached hydrogen (secondary N) is 2. The van der Waals surface area contributed by atoms with E-state index in [1.807, 2.05) is 24.0 Å². The Balaban J connectivity index is 0.00000243. The van der Waals surface area contributed by atoms with E-state index in [1.165, 1.54) is 11.1 Å². The van der Waals surface area contributed by atoms with Crippen molar-refractivity contribution in [2.45, 2.75) is 52.6 Å². The van der Waals surface area contributed by atoms with Gasteiger partial charge < -0.3 is 10.6 Å². The van der Waals surface area contributed by atoms with Crippen LogP contribution in [0.2, 0.25) is 0 Å². The Hall–Kier alpha value is -1.71. The maximum absolute atomic E-state index is 4.74. The number of halogens is 1. The van der Waals surface area contributed by atoms with Gasteiger partial charge in [0, 0.05) is 32.0 Å². The summed E-state index contributed by atoms with van der Waals surface area (Å²) in [6.45, 7) is 8.63. The van der Waals surface area contributed by atoms with E-state index in [2.05, 4.69) is 45.6 Å². The SMILES string of the molecule is CCNC(=NCCc1ccncc1C)NC1CCCn2nc(C)nc21.I. The van der Waals surface area contributed by atoms with Crippen LogP contribution in [0, 0.1) is 13.8 Å². The minimum Gasteiger partial charge on any atom is -0.357 e. The third-order valence-electron chi connectivity index (χ3n) is 4.42. The fourth-order valence-electron chi connectivity index (χ4n) is 3.16. The Bertz CT molecular complexity index is 741. The predicted molar refractivity (Wildman–Crippen MR) is 114 cm³/mol. The summed E-state index contributed by atoms with van der Waals surface area (Å²) < 4.78 is 2.01. The van der Waals surface area contributed by atoms with Crippen molar-refractivity contribution in [2.24, 2.45) is 4.99 Å². The van der Waals surface area contributed by atoms with Crippen LogP contribution in [0.5, 0.6) is 0 Å². The fraction of sp³-hybridized carbons (Fsp3) is 0.556. The van der Waals surface area contributed by atoms with Crippen LogP contribution in [0.3, 0.4) is 0 Å². The minimum absolute atomic E-state index is 0. The summed E-state index contributed by atoms with van der Waals surface area (Å²) in [6, 6.07) is 2.23. The number of rotatable bonds is 5. The van der Waals surface area contributed by atoms with E-state index in [0.717, 1.165) is 56.5 Å². The molecule has 3 heterocycles. The molecule has 0 saturated heterocycles. The summed E-state index contributed by atoms with van der Waals surface area (Å²) >= 11 is 0. The van der Waals surface area contributed by atoms with Gasteiger partial charge in [0.1, 0.15) is 11.6 Å². The quantitative estimate of drug-likeness (QED) is 0.400. The second-order valence-electron chi connectivity index (χ2n) is 6.39. The normalized spacial score (nSPS) is 16.6. The van der Waals surface area contributed by atoms with E-state index in [-0.39, 0.29) is 30.0 Å². The molecular weight excluding hydrogens is 441 g/mol. The number of hydrogen-bond acceptors (Lipinski definition) is 4. The van der Waals surface area contributed by atoms with Gasteiger partial charge in [0.05, 0.1) is 6.04 Å². The molecule has 8 heteroatoms. The summed E-state index contributed by atoms with van der Waals surface area (Å²) in [6.07, 6.45) is 6.80. The molecule has 2 aromatic heterocycles. The lowest BCUT2D eigenvalue weighted by Crippen LogP contribution is -2.41. The molecule has 0 spiro atoms. The topological polar surface area (TPSA) is 80.0 Å². The van der Waals surface area contributed by atoms with Crippen LogP contribution in [0.25, 0.3) is 0 Å². The van der Waals surface area contributed by atoms with Crippen molar-refractivity contribution in [1.29, 1.82) is 0 Å². The van der Waals surface area contributed by atoms with Crippen LogP contribution in [-0.2, 0) is 13.0 Å². The van der Waals surface area contributed by atoms with E-state index in [4.69, 9.17) is 4.99 Å². The molecule has 7 nitrogen and oxygen atoms in total. The Morgan fingerprint density at radius 2 is 2.23 bits per heavy atom. The molecule has 0 aromatic carbocycles. The lowest BCUT2D eigenvalue weighted by molar-refractivity contribution is 0.397. The van der Waals surface area contributed by atoms with Gasteiger partial charge in [0.15, 0.2) is 5.96 Å². The molecule has 1 unspecified atom stereocenters. The molecule has 3 rings (SSSR count). The van der Waals surface area contributed by atoms with Gasteiger partial charge in [-0.2, -0.15) is 5.10 Å². The number of aryl methyl sites for hydroxylation is 3. The highest BCUT2D eigenvalue weighted by Crippen LogP contribution is 2.22. The summed E-state index contributed by atoms with van der Waals surface area (Å²) in [4.78, 5) is 13.5. The number of fused-ring (bicyclic) bond motifs is 1. The van der Waals surface area contributed by atoms with Crippen molar-refractivity contribution < 1.29 is 0 Å². The van der Waals surface area contributed by atoms with E-state index in [0.29, 0.717) is 0 Å². The first kappa shape index (κ1) is 20.6. The number of aliphatic imine (C=N–C) groups is 1. The van der Waals surface area contributed by atoms with Gasteiger partial charge in [0.2, 0.25) is 0 Å². The van der Waals surface area contributed by atoms with E-state index in [9.17, 15) is 0 Å². The van der Waals surface area contributed by atoms with Gasteiger partial charge in [-0.3, -0.25) is 9.98 Å². The van der Waals surface area contributed by atoms with E-state index in [1.54, 1.807) is 0 Å². The van der Waals surface area contributed by atoms with Gasteiger partial charge >= 0.3 is 0 Å². The lowest BCUT2D eigenvalue weighted by Gasteiger charge is -2.25. The second kappa shape index (κ2) is 9.84. The molecule has 2 aromatic rings. The van der Waals surface area contributed by atoms with Crippen molar-refractivity contribution in [2.75, 3.05) is 13.1 Å². The van der Waals surface area contributed by atoms with Crippen LogP contribution < -0.4 is 10.6 Å². The number of pyridine rings is 1. The van der Waals surface area contributed by atoms with Crippen molar-refractivity contribution in [3.63, 3.8) is 0 Å². The zero-order chi connectivity index (χ0) is 17.6. The van der Waals surface area contributed by atoms with Crippen molar-refractivity contribution >= 4 is 29.9 Å².